The van der Waals surface area contributed by atoms with Gasteiger partial charge in [0, 0.05) is 25.7 Å². The van der Waals surface area contributed by atoms with E-state index in [0.717, 1.165) is 6.61 Å². The average Bonchev–Trinajstić information content (AvgIpc) is 2.33. The highest BCUT2D eigenvalue weighted by Gasteiger charge is 2.34. The molecule has 3 nitrogen and oxygen atoms in total. The molecule has 0 bridgehead atoms. The monoisotopic (exact) mass is 240 g/mol. The minimum Gasteiger partial charge on any atom is -0.378 e. The van der Waals surface area contributed by atoms with Gasteiger partial charge in [-0.05, 0) is 51.0 Å². The molecule has 1 unspecified atom stereocenters. The first-order valence-electron chi connectivity index (χ1n) is 7.34. The van der Waals surface area contributed by atoms with Gasteiger partial charge in [0.2, 0.25) is 0 Å². The van der Waals surface area contributed by atoms with Crippen LogP contribution >= 0.6 is 0 Å². The van der Waals surface area contributed by atoms with Gasteiger partial charge in [-0.25, -0.2) is 0 Å². The van der Waals surface area contributed by atoms with Crippen molar-refractivity contribution in [2.75, 3.05) is 26.2 Å². The summed E-state index contributed by atoms with van der Waals surface area (Å²) >= 11 is 0. The number of rotatable bonds is 6. The van der Waals surface area contributed by atoms with E-state index in [9.17, 15) is 0 Å². The molecule has 1 heterocycles. The molecule has 0 amide bonds. The van der Waals surface area contributed by atoms with Crippen LogP contribution in [0.4, 0.5) is 0 Å². The summed E-state index contributed by atoms with van der Waals surface area (Å²) in [5.74, 6) is 0. The molecule has 1 aliphatic heterocycles. The smallest absolute Gasteiger partial charge is 0.0604 e. The predicted octanol–water partition coefficient (Wildman–Crippen LogP) is 1.92. The maximum atomic E-state index is 5.60. The number of ether oxygens (including phenoxy) is 1. The summed E-state index contributed by atoms with van der Waals surface area (Å²) in [5.41, 5.74) is 0.509. The van der Waals surface area contributed by atoms with Crippen LogP contribution in [0.2, 0.25) is 0 Å². The Morgan fingerprint density at radius 3 is 2.76 bits per heavy atom. The first kappa shape index (κ1) is 13.3. The van der Waals surface area contributed by atoms with Crippen LogP contribution in [0.3, 0.4) is 0 Å². The molecule has 2 aliphatic rings. The summed E-state index contributed by atoms with van der Waals surface area (Å²) in [7, 11) is 0. The fourth-order valence-corrected chi connectivity index (χ4v) is 3.07. The Morgan fingerprint density at radius 1 is 1.35 bits per heavy atom. The van der Waals surface area contributed by atoms with Gasteiger partial charge in [-0.2, -0.15) is 0 Å². The Kier molecular flexibility index (Phi) is 4.83. The van der Waals surface area contributed by atoms with E-state index in [-0.39, 0.29) is 0 Å². The lowest BCUT2D eigenvalue weighted by Crippen LogP contribution is -2.52. The van der Waals surface area contributed by atoms with Gasteiger partial charge in [0.15, 0.2) is 0 Å². The SMILES string of the molecule is CCOC1CC(NCC2(CC)CCCNC2)C1. The molecule has 0 aromatic carbocycles. The molecule has 1 aliphatic carbocycles. The first-order chi connectivity index (χ1) is 8.28. The quantitative estimate of drug-likeness (QED) is 0.744. The van der Waals surface area contributed by atoms with Crippen molar-refractivity contribution in [2.45, 2.75) is 58.1 Å². The summed E-state index contributed by atoms with van der Waals surface area (Å²) in [6.45, 7) is 8.86. The van der Waals surface area contributed by atoms with Crippen molar-refractivity contribution in [3.05, 3.63) is 0 Å². The van der Waals surface area contributed by atoms with Crippen LogP contribution < -0.4 is 10.6 Å². The molecule has 3 heteroatoms. The molecule has 100 valence electrons. The van der Waals surface area contributed by atoms with Gasteiger partial charge < -0.3 is 15.4 Å². The summed E-state index contributed by atoms with van der Waals surface area (Å²) < 4.78 is 5.60. The maximum absolute atomic E-state index is 5.60. The third kappa shape index (κ3) is 3.43. The molecule has 2 fully saturated rings. The first-order valence-corrected chi connectivity index (χ1v) is 7.34. The lowest BCUT2D eigenvalue weighted by atomic mass is 9.77. The highest BCUT2D eigenvalue weighted by molar-refractivity contribution is 4.91. The van der Waals surface area contributed by atoms with Gasteiger partial charge >= 0.3 is 0 Å². The van der Waals surface area contributed by atoms with E-state index in [1.807, 2.05) is 0 Å². The van der Waals surface area contributed by atoms with E-state index < -0.39 is 0 Å². The third-order valence-corrected chi connectivity index (χ3v) is 4.57. The van der Waals surface area contributed by atoms with Gasteiger partial charge in [-0.3, -0.25) is 0 Å². The molecule has 0 spiro atoms. The summed E-state index contributed by atoms with van der Waals surface area (Å²) in [6.07, 6.45) is 6.95. The largest absolute Gasteiger partial charge is 0.378 e. The Labute approximate surface area is 106 Å². The highest BCUT2D eigenvalue weighted by atomic mass is 16.5. The van der Waals surface area contributed by atoms with E-state index >= 15 is 0 Å². The molecule has 1 saturated heterocycles. The fraction of sp³-hybridized carbons (Fsp3) is 1.00. The maximum Gasteiger partial charge on any atom is 0.0604 e. The van der Waals surface area contributed by atoms with Crippen molar-refractivity contribution in [1.29, 1.82) is 0 Å². The molecule has 1 atom stereocenters. The van der Waals surface area contributed by atoms with Crippen LogP contribution in [0.1, 0.15) is 46.0 Å². The zero-order valence-corrected chi connectivity index (χ0v) is 11.4. The van der Waals surface area contributed by atoms with Crippen molar-refractivity contribution in [3.63, 3.8) is 0 Å². The van der Waals surface area contributed by atoms with Crippen LogP contribution in [0.5, 0.6) is 0 Å². The van der Waals surface area contributed by atoms with Crippen LogP contribution in [-0.2, 0) is 4.74 Å². The zero-order valence-electron chi connectivity index (χ0n) is 11.4. The van der Waals surface area contributed by atoms with Gasteiger partial charge in [0.25, 0.3) is 0 Å². The Hall–Kier alpha value is -0.120. The highest BCUT2D eigenvalue weighted by Crippen LogP contribution is 2.31. The second-order valence-corrected chi connectivity index (χ2v) is 5.76. The third-order valence-electron chi connectivity index (χ3n) is 4.57. The van der Waals surface area contributed by atoms with Crippen LogP contribution in [0.15, 0.2) is 0 Å². The number of hydrogen-bond donors (Lipinski definition) is 2. The van der Waals surface area contributed by atoms with E-state index in [0.29, 0.717) is 17.6 Å². The van der Waals surface area contributed by atoms with Gasteiger partial charge in [-0.1, -0.05) is 6.92 Å². The number of hydrogen-bond acceptors (Lipinski definition) is 3. The Morgan fingerprint density at radius 2 is 2.18 bits per heavy atom. The molecule has 1 saturated carbocycles. The van der Waals surface area contributed by atoms with Crippen LogP contribution in [0, 0.1) is 5.41 Å². The normalized spacial score (nSPS) is 37.8. The van der Waals surface area contributed by atoms with Gasteiger partial charge in [0.05, 0.1) is 6.10 Å². The fourth-order valence-electron chi connectivity index (χ4n) is 3.07. The minimum absolute atomic E-state index is 0.509. The molecule has 0 radical (unpaired) electrons. The van der Waals surface area contributed by atoms with Crippen LogP contribution in [-0.4, -0.2) is 38.4 Å². The minimum atomic E-state index is 0.509. The summed E-state index contributed by atoms with van der Waals surface area (Å²) in [5, 5.41) is 7.30. The van der Waals surface area contributed by atoms with E-state index in [1.54, 1.807) is 0 Å². The predicted molar refractivity (Wildman–Crippen MR) is 71.3 cm³/mol. The number of piperidine rings is 1. The van der Waals surface area contributed by atoms with Crippen molar-refractivity contribution < 1.29 is 4.74 Å². The Bertz CT molecular complexity index is 220. The Balaban J connectivity index is 1.67. The summed E-state index contributed by atoms with van der Waals surface area (Å²) in [4.78, 5) is 0. The van der Waals surface area contributed by atoms with Crippen LogP contribution in [0.25, 0.3) is 0 Å². The number of nitrogens with one attached hydrogen (secondary N) is 2. The van der Waals surface area contributed by atoms with Crippen molar-refractivity contribution >= 4 is 0 Å². The molecule has 17 heavy (non-hydrogen) atoms. The molecule has 0 aromatic heterocycles. The lowest BCUT2D eigenvalue weighted by molar-refractivity contribution is -0.0130. The zero-order chi connectivity index (χ0) is 12.1. The van der Waals surface area contributed by atoms with Crippen molar-refractivity contribution in [2.24, 2.45) is 5.41 Å². The molecule has 2 N–H and O–H groups in total. The van der Waals surface area contributed by atoms with Gasteiger partial charge in [-0.15, -0.1) is 0 Å². The van der Waals surface area contributed by atoms with Gasteiger partial charge in [0.1, 0.15) is 0 Å². The molecule has 0 aromatic rings. The average molecular weight is 240 g/mol. The summed E-state index contributed by atoms with van der Waals surface area (Å²) in [6, 6.07) is 0.705. The lowest BCUT2D eigenvalue weighted by Gasteiger charge is -2.41. The molecule has 2 rings (SSSR count). The second-order valence-electron chi connectivity index (χ2n) is 5.76. The molecular weight excluding hydrogens is 212 g/mol. The second kappa shape index (κ2) is 6.17. The van der Waals surface area contributed by atoms with Crippen molar-refractivity contribution in [1.82, 2.24) is 10.6 Å². The topological polar surface area (TPSA) is 33.3 Å². The van der Waals surface area contributed by atoms with E-state index in [2.05, 4.69) is 24.5 Å². The molecular formula is C14H28N2O. The van der Waals surface area contributed by atoms with E-state index in [1.165, 1.54) is 51.7 Å². The van der Waals surface area contributed by atoms with Crippen molar-refractivity contribution in [3.8, 4) is 0 Å². The van der Waals surface area contributed by atoms with E-state index in [4.69, 9.17) is 4.74 Å². The standard InChI is InChI=1S/C14H28N2O/c1-3-14(6-5-7-15-10-14)11-16-12-8-13(9-12)17-4-2/h12-13,15-16H,3-11H2,1-2H3.